The fourth-order valence-electron chi connectivity index (χ4n) is 4.32. The fraction of sp³-hybridized carbons (Fsp3) is 0.444. The lowest BCUT2D eigenvalue weighted by molar-refractivity contribution is -0.138. The van der Waals surface area contributed by atoms with E-state index in [1.807, 2.05) is 0 Å². The Balaban J connectivity index is 1.60. The van der Waals surface area contributed by atoms with Crippen molar-refractivity contribution in [2.75, 3.05) is 13.2 Å². The van der Waals surface area contributed by atoms with Gasteiger partial charge in [0.15, 0.2) is 0 Å². The molecule has 0 N–H and O–H groups in total. The molecule has 3 atom stereocenters. The van der Waals surface area contributed by atoms with Gasteiger partial charge in [0.25, 0.3) is 0 Å². The lowest BCUT2D eigenvalue weighted by atomic mass is 9.75. The molecule has 2 aromatic rings. The molecule has 0 aromatic heterocycles. The van der Waals surface area contributed by atoms with Crippen LogP contribution in [0.3, 0.4) is 0 Å². The molecule has 7 heteroatoms. The quantitative estimate of drug-likeness (QED) is 0.161. The van der Waals surface area contributed by atoms with Crippen molar-refractivity contribution in [1.82, 2.24) is 0 Å². The van der Waals surface area contributed by atoms with E-state index in [4.69, 9.17) is 18.9 Å². The van der Waals surface area contributed by atoms with Gasteiger partial charge >= 0.3 is 18.1 Å². The lowest BCUT2D eigenvalue weighted by Gasteiger charge is -2.36. The normalized spacial score (nSPS) is 19.9. The van der Waals surface area contributed by atoms with Crippen molar-refractivity contribution in [3.63, 3.8) is 0 Å². The van der Waals surface area contributed by atoms with Gasteiger partial charge in [-0.3, -0.25) is 0 Å². The second-order valence-corrected chi connectivity index (χ2v) is 9.07. The van der Waals surface area contributed by atoms with E-state index in [0.717, 1.165) is 29.7 Å². The molecule has 2 aromatic carbocycles. The Kier molecular flexibility index (Phi) is 8.68. The van der Waals surface area contributed by atoms with Gasteiger partial charge in [-0.25, -0.2) is 14.4 Å². The summed E-state index contributed by atoms with van der Waals surface area (Å²) in [6.45, 7) is 9.64. The van der Waals surface area contributed by atoms with Crippen LogP contribution in [-0.2, 0) is 19.0 Å². The molecule has 0 saturated heterocycles. The molecule has 1 fully saturated rings. The monoisotopic (exact) mass is 468 g/mol. The molecule has 34 heavy (non-hydrogen) atoms. The van der Waals surface area contributed by atoms with Crippen LogP contribution in [0.2, 0.25) is 0 Å². The molecule has 3 rings (SSSR count). The maximum Gasteiger partial charge on any atom is 0.513 e. The highest BCUT2D eigenvalue weighted by atomic mass is 16.7. The number of rotatable bonds is 8. The summed E-state index contributed by atoms with van der Waals surface area (Å²) in [5.41, 5.74) is 0.496. The summed E-state index contributed by atoms with van der Waals surface area (Å²) in [5.74, 6) is 0.794. The number of benzene rings is 2. The first-order valence-corrected chi connectivity index (χ1v) is 11.7. The highest BCUT2D eigenvalue weighted by Gasteiger charge is 2.33. The van der Waals surface area contributed by atoms with Crippen LogP contribution in [0.5, 0.6) is 5.75 Å². The number of hydrogen-bond donors (Lipinski definition) is 0. The van der Waals surface area contributed by atoms with Gasteiger partial charge in [-0.05, 0) is 65.6 Å². The summed E-state index contributed by atoms with van der Waals surface area (Å²) < 4.78 is 20.7. The highest BCUT2D eigenvalue weighted by molar-refractivity contribution is 5.96. The Labute approximate surface area is 200 Å². The van der Waals surface area contributed by atoms with Gasteiger partial charge in [-0.15, -0.1) is 0 Å². The lowest BCUT2D eigenvalue weighted by Crippen LogP contribution is -2.35. The zero-order valence-corrected chi connectivity index (χ0v) is 20.0. The third-order valence-electron chi connectivity index (χ3n) is 6.18. The van der Waals surface area contributed by atoms with Crippen molar-refractivity contribution < 1.29 is 33.3 Å². The standard InChI is InChI=1S/C27H32O7/c1-5-25(28)31-12-13-32-27(30)33-22-10-9-19-15-21(8-7-20(19)16-22)26(29)34-24-14-18(4)6-11-23(24)17(2)3/h5,7-10,15-18,23-24H,1,6,11-14H2,2-4H3. The molecule has 0 heterocycles. The second-order valence-electron chi connectivity index (χ2n) is 9.07. The van der Waals surface area contributed by atoms with Crippen molar-refractivity contribution in [2.45, 2.75) is 46.1 Å². The number of esters is 2. The van der Waals surface area contributed by atoms with Crippen LogP contribution in [0, 0.1) is 17.8 Å². The van der Waals surface area contributed by atoms with Crippen LogP contribution in [0.4, 0.5) is 4.79 Å². The molecule has 1 saturated carbocycles. The zero-order valence-electron chi connectivity index (χ0n) is 20.0. The molecule has 7 nitrogen and oxygen atoms in total. The van der Waals surface area contributed by atoms with Crippen LogP contribution in [0.25, 0.3) is 10.8 Å². The molecule has 1 aliphatic rings. The average molecular weight is 469 g/mol. The van der Waals surface area contributed by atoms with Gasteiger partial charge in [-0.2, -0.15) is 0 Å². The second kappa shape index (κ2) is 11.7. The summed E-state index contributed by atoms with van der Waals surface area (Å²) in [7, 11) is 0. The highest BCUT2D eigenvalue weighted by Crippen LogP contribution is 2.36. The third kappa shape index (κ3) is 6.83. The van der Waals surface area contributed by atoms with Gasteiger partial charge in [0.1, 0.15) is 25.1 Å². The smallest absolute Gasteiger partial charge is 0.459 e. The van der Waals surface area contributed by atoms with Crippen molar-refractivity contribution in [3.8, 4) is 5.75 Å². The first-order valence-electron chi connectivity index (χ1n) is 11.7. The number of ether oxygens (including phenoxy) is 4. The summed E-state index contributed by atoms with van der Waals surface area (Å²) in [6.07, 6.45) is 3.21. The van der Waals surface area contributed by atoms with E-state index >= 15 is 0 Å². The topological polar surface area (TPSA) is 88.1 Å². The van der Waals surface area contributed by atoms with Crippen molar-refractivity contribution in [2.24, 2.45) is 17.8 Å². The molecule has 0 aliphatic heterocycles. The van der Waals surface area contributed by atoms with Crippen LogP contribution in [0.1, 0.15) is 50.4 Å². The Bertz CT molecular complexity index is 1040. The van der Waals surface area contributed by atoms with Crippen LogP contribution in [-0.4, -0.2) is 37.4 Å². The fourth-order valence-corrected chi connectivity index (χ4v) is 4.32. The largest absolute Gasteiger partial charge is 0.513 e. The van der Waals surface area contributed by atoms with Crippen LogP contribution in [0.15, 0.2) is 49.1 Å². The minimum Gasteiger partial charge on any atom is -0.459 e. The first-order chi connectivity index (χ1) is 16.3. The molecule has 0 radical (unpaired) electrons. The van der Waals surface area contributed by atoms with Crippen molar-refractivity contribution in [1.29, 1.82) is 0 Å². The van der Waals surface area contributed by atoms with Crippen LogP contribution < -0.4 is 4.74 Å². The van der Waals surface area contributed by atoms with E-state index in [1.165, 1.54) is 6.42 Å². The molecular weight excluding hydrogens is 436 g/mol. The maximum absolute atomic E-state index is 12.9. The van der Waals surface area contributed by atoms with Gasteiger partial charge in [0.05, 0.1) is 5.56 Å². The number of carbonyl (C=O) groups is 3. The minimum absolute atomic E-state index is 0.0611. The van der Waals surface area contributed by atoms with E-state index in [1.54, 1.807) is 36.4 Å². The molecule has 0 bridgehead atoms. The number of fused-ring (bicyclic) bond motifs is 1. The predicted octanol–water partition coefficient (Wildman–Crippen LogP) is 5.70. The summed E-state index contributed by atoms with van der Waals surface area (Å²) in [6, 6.07) is 10.4. The van der Waals surface area contributed by atoms with Gasteiger partial charge in [-0.1, -0.05) is 45.9 Å². The Morgan fingerprint density at radius 2 is 1.74 bits per heavy atom. The van der Waals surface area contributed by atoms with E-state index in [2.05, 4.69) is 27.4 Å². The predicted molar refractivity (Wildman–Crippen MR) is 128 cm³/mol. The van der Waals surface area contributed by atoms with Gasteiger partial charge in [0.2, 0.25) is 0 Å². The molecular formula is C27H32O7. The Morgan fingerprint density at radius 1 is 1.03 bits per heavy atom. The maximum atomic E-state index is 12.9. The SMILES string of the molecule is C=CC(=O)OCCOC(=O)Oc1ccc2cc(C(=O)OC3CC(C)CCC3C(C)C)ccc2c1. The summed E-state index contributed by atoms with van der Waals surface area (Å²) in [4.78, 5) is 35.7. The van der Waals surface area contributed by atoms with Crippen molar-refractivity contribution in [3.05, 3.63) is 54.6 Å². The first kappa shape index (κ1) is 25.3. The summed E-state index contributed by atoms with van der Waals surface area (Å²) in [5, 5.41) is 1.62. The molecule has 0 amide bonds. The van der Waals surface area contributed by atoms with Gasteiger partial charge < -0.3 is 18.9 Å². The molecule has 1 aliphatic carbocycles. The average Bonchev–Trinajstić information content (AvgIpc) is 2.81. The van der Waals surface area contributed by atoms with E-state index < -0.39 is 12.1 Å². The van der Waals surface area contributed by atoms with Crippen molar-refractivity contribution >= 4 is 28.9 Å². The molecule has 0 spiro atoms. The zero-order chi connectivity index (χ0) is 24.7. The summed E-state index contributed by atoms with van der Waals surface area (Å²) >= 11 is 0. The molecule has 3 unspecified atom stereocenters. The van der Waals surface area contributed by atoms with Crippen LogP contribution >= 0.6 is 0 Å². The van der Waals surface area contributed by atoms with E-state index in [9.17, 15) is 14.4 Å². The Hall–Kier alpha value is -3.35. The van der Waals surface area contributed by atoms with Gasteiger partial charge in [0, 0.05) is 6.08 Å². The van der Waals surface area contributed by atoms with E-state index in [0.29, 0.717) is 29.1 Å². The third-order valence-corrected chi connectivity index (χ3v) is 6.18. The number of carbonyl (C=O) groups excluding carboxylic acids is 3. The van der Waals surface area contributed by atoms with E-state index in [-0.39, 0.29) is 25.3 Å². The minimum atomic E-state index is -0.907. The Morgan fingerprint density at radius 3 is 2.47 bits per heavy atom. The number of hydrogen-bond acceptors (Lipinski definition) is 7. The molecule has 182 valence electrons.